The minimum atomic E-state index is -0.533. The Morgan fingerprint density at radius 2 is 1.00 bits per heavy atom. The van der Waals surface area contributed by atoms with Crippen LogP contribution in [0.2, 0.25) is 0 Å². The van der Waals surface area contributed by atoms with Gasteiger partial charge in [0.15, 0.2) is 0 Å². The van der Waals surface area contributed by atoms with Crippen LogP contribution in [-0.2, 0) is 19.1 Å². The highest BCUT2D eigenvalue weighted by molar-refractivity contribution is 5.87. The molecule has 0 radical (unpaired) electrons. The predicted octanol–water partition coefficient (Wildman–Crippen LogP) is 8.22. The molecule has 0 spiro atoms. The first-order valence-electron chi connectivity index (χ1n) is 16.0. The van der Waals surface area contributed by atoms with Crippen molar-refractivity contribution in [3.8, 4) is 22.6 Å². The lowest BCUT2D eigenvalue weighted by molar-refractivity contribution is -0.140. The van der Waals surface area contributed by atoms with Gasteiger partial charge in [-0.05, 0) is 97.9 Å². The number of esters is 2. The van der Waals surface area contributed by atoms with Crippen LogP contribution >= 0.6 is 0 Å². The number of hydrogen-bond donors (Lipinski definition) is 1. The summed E-state index contributed by atoms with van der Waals surface area (Å²) in [5.41, 5.74) is 4.59. The minimum Gasteiger partial charge on any atom is -0.494 e. The van der Waals surface area contributed by atoms with Crippen LogP contribution in [0.3, 0.4) is 0 Å². The zero-order valence-electron chi connectivity index (χ0n) is 26.7. The Kier molecular flexibility index (Phi) is 16.5. The quantitative estimate of drug-likeness (QED) is 0.0520. The maximum absolute atomic E-state index is 11.4. The van der Waals surface area contributed by atoms with Crippen molar-refractivity contribution >= 4 is 24.1 Å². The molecule has 0 bridgehead atoms. The second-order valence-corrected chi connectivity index (χ2v) is 10.8. The van der Waals surface area contributed by atoms with Gasteiger partial charge < -0.3 is 24.1 Å². The molecule has 0 heterocycles. The van der Waals surface area contributed by atoms with Crippen LogP contribution in [0.15, 0.2) is 97.6 Å². The molecule has 0 aliphatic rings. The van der Waals surface area contributed by atoms with E-state index in [2.05, 4.69) is 61.7 Å². The third-order valence-corrected chi connectivity index (χ3v) is 7.19. The predicted molar refractivity (Wildman–Crippen MR) is 184 cm³/mol. The molecule has 0 aliphatic heterocycles. The first kappa shape index (κ1) is 35.9. The fraction of sp³-hybridized carbons (Fsp3) is 0.333. The van der Waals surface area contributed by atoms with Crippen molar-refractivity contribution in [3.63, 3.8) is 0 Å². The molecular weight excluding hydrogens is 580 g/mol. The van der Waals surface area contributed by atoms with Gasteiger partial charge in [-0.25, -0.2) is 9.59 Å². The molecule has 3 aromatic rings. The highest BCUT2D eigenvalue weighted by Gasteiger charge is 2.06. The summed E-state index contributed by atoms with van der Waals surface area (Å²) < 4.78 is 21.7. The number of aliphatic hydroxyl groups is 1. The summed E-state index contributed by atoms with van der Waals surface area (Å²) in [7, 11) is 0. The molecule has 0 aromatic heterocycles. The van der Waals surface area contributed by atoms with Crippen molar-refractivity contribution in [1.29, 1.82) is 0 Å². The highest BCUT2D eigenvalue weighted by atomic mass is 16.5. The van der Waals surface area contributed by atoms with E-state index in [0.717, 1.165) is 85.1 Å². The third kappa shape index (κ3) is 14.0. The lowest BCUT2D eigenvalue weighted by Crippen LogP contribution is -2.10. The third-order valence-electron chi connectivity index (χ3n) is 7.19. The van der Waals surface area contributed by atoms with Gasteiger partial charge >= 0.3 is 11.9 Å². The van der Waals surface area contributed by atoms with E-state index < -0.39 is 5.97 Å². The molecule has 3 rings (SSSR count). The Hall–Kier alpha value is -4.62. The molecule has 7 heteroatoms. The number of carbonyl (C=O) groups is 2. The van der Waals surface area contributed by atoms with E-state index in [-0.39, 0.29) is 18.1 Å². The summed E-state index contributed by atoms with van der Waals surface area (Å²) in [6.07, 6.45) is 12.8. The zero-order valence-corrected chi connectivity index (χ0v) is 26.7. The second kappa shape index (κ2) is 21.2. The molecule has 3 aromatic carbocycles. The molecule has 0 amide bonds. The van der Waals surface area contributed by atoms with Crippen LogP contribution < -0.4 is 9.47 Å². The summed E-state index contributed by atoms with van der Waals surface area (Å²) in [5.74, 6) is 0.804. The van der Waals surface area contributed by atoms with Gasteiger partial charge in [-0.15, -0.1) is 0 Å². The van der Waals surface area contributed by atoms with Gasteiger partial charge in [0.05, 0.1) is 38.6 Å². The summed E-state index contributed by atoms with van der Waals surface area (Å²) in [6.45, 7) is 8.53. The molecule has 0 saturated heterocycles. The smallest absolute Gasteiger partial charge is 0.335 e. The molecule has 46 heavy (non-hydrogen) atoms. The lowest BCUT2D eigenvalue weighted by atomic mass is 10.0. The van der Waals surface area contributed by atoms with Gasteiger partial charge in [0.25, 0.3) is 0 Å². The van der Waals surface area contributed by atoms with E-state index in [1.807, 2.05) is 36.4 Å². The molecule has 244 valence electrons. The van der Waals surface area contributed by atoms with E-state index >= 15 is 0 Å². The Bertz CT molecular complexity index is 1370. The number of hydrogen-bond acceptors (Lipinski definition) is 7. The Morgan fingerprint density at radius 1 is 0.587 bits per heavy atom. The molecule has 0 aliphatic carbocycles. The van der Waals surface area contributed by atoms with Gasteiger partial charge in [0.1, 0.15) is 11.5 Å². The summed E-state index contributed by atoms with van der Waals surface area (Å²) in [6, 6.07) is 24.7. The number of carbonyl (C=O) groups excluding carboxylic acids is 2. The average Bonchev–Trinajstić information content (AvgIpc) is 3.10. The van der Waals surface area contributed by atoms with Crippen molar-refractivity contribution in [1.82, 2.24) is 0 Å². The molecular formula is C39H46O7. The van der Waals surface area contributed by atoms with Crippen molar-refractivity contribution in [2.24, 2.45) is 0 Å². The van der Waals surface area contributed by atoms with Gasteiger partial charge in [0.2, 0.25) is 0 Å². The van der Waals surface area contributed by atoms with Crippen LogP contribution in [0.25, 0.3) is 23.3 Å². The van der Waals surface area contributed by atoms with Gasteiger partial charge in [-0.1, -0.05) is 73.8 Å². The van der Waals surface area contributed by atoms with Gasteiger partial charge in [0, 0.05) is 6.08 Å². The standard InChI is InChI=1S/C39H46O7/c1-3-38(41)45-28-10-6-4-8-27-44-37-24-20-35(21-25-37)34-18-14-32(15-19-34)12-13-33-16-22-36(23-17-33)43-26-9-5-7-11-29-46-39(42)31(2)30-40/h3,12-25,40H,1-2,4-11,26-30H2/b13-12+. The Balaban J connectivity index is 1.30. The molecule has 0 saturated carbocycles. The van der Waals surface area contributed by atoms with Crippen LogP contribution in [0.5, 0.6) is 11.5 Å². The van der Waals surface area contributed by atoms with E-state index in [9.17, 15) is 9.59 Å². The molecule has 0 atom stereocenters. The molecule has 0 fully saturated rings. The van der Waals surface area contributed by atoms with E-state index in [1.54, 1.807) is 0 Å². The first-order chi connectivity index (χ1) is 22.5. The van der Waals surface area contributed by atoms with Crippen molar-refractivity contribution < 1.29 is 33.6 Å². The molecule has 1 N–H and O–H groups in total. The van der Waals surface area contributed by atoms with E-state index in [4.69, 9.17) is 24.1 Å². The number of benzene rings is 3. The maximum Gasteiger partial charge on any atom is 0.335 e. The monoisotopic (exact) mass is 626 g/mol. The van der Waals surface area contributed by atoms with E-state index in [1.165, 1.54) is 6.08 Å². The summed E-state index contributed by atoms with van der Waals surface area (Å²) in [5, 5.41) is 8.86. The maximum atomic E-state index is 11.4. The van der Waals surface area contributed by atoms with E-state index in [0.29, 0.717) is 26.4 Å². The first-order valence-corrected chi connectivity index (χ1v) is 16.0. The number of aliphatic hydroxyl groups excluding tert-OH is 1. The van der Waals surface area contributed by atoms with Crippen LogP contribution in [0, 0.1) is 0 Å². The average molecular weight is 627 g/mol. The van der Waals surface area contributed by atoms with Gasteiger partial charge in [-0.3, -0.25) is 0 Å². The normalized spacial score (nSPS) is 10.8. The molecule has 0 unspecified atom stereocenters. The fourth-order valence-corrected chi connectivity index (χ4v) is 4.46. The van der Waals surface area contributed by atoms with Crippen LogP contribution in [-0.4, -0.2) is 50.1 Å². The Morgan fingerprint density at radius 3 is 1.48 bits per heavy atom. The largest absolute Gasteiger partial charge is 0.494 e. The van der Waals surface area contributed by atoms with Crippen LogP contribution in [0.1, 0.15) is 62.5 Å². The highest BCUT2D eigenvalue weighted by Crippen LogP contribution is 2.24. The fourth-order valence-electron chi connectivity index (χ4n) is 4.46. The number of rotatable bonds is 22. The Labute approximate surface area is 273 Å². The summed E-state index contributed by atoms with van der Waals surface area (Å²) >= 11 is 0. The number of unbranched alkanes of at least 4 members (excludes halogenated alkanes) is 6. The second-order valence-electron chi connectivity index (χ2n) is 10.8. The summed E-state index contributed by atoms with van der Waals surface area (Å²) in [4.78, 5) is 22.4. The van der Waals surface area contributed by atoms with Crippen molar-refractivity contribution in [2.45, 2.75) is 51.4 Å². The lowest BCUT2D eigenvalue weighted by Gasteiger charge is -2.08. The SMILES string of the molecule is C=CC(=O)OCCCCCCOc1ccc(-c2ccc(/C=C/c3ccc(OCCCCCCOC(=O)C(=C)CO)cc3)cc2)cc1. The molecule has 7 nitrogen and oxygen atoms in total. The van der Waals surface area contributed by atoms with Crippen molar-refractivity contribution in [2.75, 3.05) is 33.0 Å². The zero-order chi connectivity index (χ0) is 32.8. The minimum absolute atomic E-state index is 0.0813. The topological polar surface area (TPSA) is 91.3 Å². The van der Waals surface area contributed by atoms with Crippen molar-refractivity contribution in [3.05, 3.63) is 109 Å². The van der Waals surface area contributed by atoms with Gasteiger partial charge in [-0.2, -0.15) is 0 Å². The van der Waals surface area contributed by atoms with Crippen LogP contribution in [0.4, 0.5) is 0 Å². The number of ether oxygens (including phenoxy) is 4.